The maximum atomic E-state index is 11.9. The summed E-state index contributed by atoms with van der Waals surface area (Å²) in [7, 11) is 0. The molecule has 1 fully saturated rings. The quantitative estimate of drug-likeness (QED) is 0.812. The van der Waals surface area contributed by atoms with E-state index in [1.165, 1.54) is 0 Å². The van der Waals surface area contributed by atoms with Crippen molar-refractivity contribution in [3.63, 3.8) is 0 Å². The van der Waals surface area contributed by atoms with E-state index in [1.807, 2.05) is 37.3 Å². The van der Waals surface area contributed by atoms with Crippen LogP contribution < -0.4 is 5.32 Å². The third-order valence-electron chi connectivity index (χ3n) is 3.10. The molecular formula is C14H18NO2. The minimum atomic E-state index is -0.112. The normalized spacial score (nSPS) is 21.1. The topological polar surface area (TPSA) is 38.3 Å². The zero-order chi connectivity index (χ0) is 12.1. The van der Waals surface area contributed by atoms with Crippen molar-refractivity contribution in [1.82, 2.24) is 5.32 Å². The predicted molar refractivity (Wildman–Crippen MR) is 65.9 cm³/mol. The number of nitrogens with one attached hydrogen (secondary N) is 1. The minimum Gasteiger partial charge on any atom is -0.461 e. The molecule has 1 aromatic carbocycles. The molecule has 1 saturated heterocycles. The van der Waals surface area contributed by atoms with Crippen molar-refractivity contribution in [3.05, 3.63) is 41.9 Å². The summed E-state index contributed by atoms with van der Waals surface area (Å²) >= 11 is 0. The van der Waals surface area contributed by atoms with Gasteiger partial charge in [0.25, 0.3) is 0 Å². The molecule has 0 aliphatic carbocycles. The molecule has 3 nitrogen and oxygen atoms in total. The first-order chi connectivity index (χ1) is 8.27. The van der Waals surface area contributed by atoms with Gasteiger partial charge in [-0.3, -0.25) is 4.79 Å². The van der Waals surface area contributed by atoms with E-state index in [0.717, 1.165) is 31.0 Å². The molecule has 91 valence electrons. The van der Waals surface area contributed by atoms with Crippen LogP contribution >= 0.6 is 0 Å². The van der Waals surface area contributed by atoms with E-state index in [4.69, 9.17) is 4.74 Å². The van der Waals surface area contributed by atoms with Crippen LogP contribution in [-0.2, 0) is 16.1 Å². The molecule has 1 unspecified atom stereocenters. The Morgan fingerprint density at radius 3 is 2.88 bits per heavy atom. The van der Waals surface area contributed by atoms with Crippen LogP contribution in [0.4, 0.5) is 0 Å². The lowest BCUT2D eigenvalue weighted by atomic mass is 9.92. The molecule has 0 saturated carbocycles. The first-order valence-corrected chi connectivity index (χ1v) is 6.05. The number of hydrogen-bond acceptors (Lipinski definition) is 3. The van der Waals surface area contributed by atoms with Gasteiger partial charge in [0.2, 0.25) is 0 Å². The van der Waals surface area contributed by atoms with E-state index >= 15 is 0 Å². The smallest absolute Gasteiger partial charge is 0.311 e. The molecule has 3 heteroatoms. The molecule has 1 radical (unpaired) electrons. The van der Waals surface area contributed by atoms with Crippen molar-refractivity contribution in [1.29, 1.82) is 0 Å². The fourth-order valence-corrected chi connectivity index (χ4v) is 2.06. The van der Waals surface area contributed by atoms with Crippen molar-refractivity contribution in [2.24, 2.45) is 5.92 Å². The van der Waals surface area contributed by atoms with E-state index in [0.29, 0.717) is 6.61 Å². The Morgan fingerprint density at radius 2 is 2.18 bits per heavy atom. The average molecular weight is 232 g/mol. The molecule has 0 bridgehead atoms. The Bertz CT molecular complexity index is 364. The summed E-state index contributed by atoms with van der Waals surface area (Å²) in [5, 5.41) is 3.23. The van der Waals surface area contributed by atoms with Gasteiger partial charge in [-0.25, -0.2) is 0 Å². The summed E-state index contributed by atoms with van der Waals surface area (Å²) in [5.41, 5.74) is 1.03. The number of rotatable bonds is 3. The summed E-state index contributed by atoms with van der Waals surface area (Å²) in [6, 6.07) is 10.8. The molecule has 0 amide bonds. The molecule has 1 heterocycles. The zero-order valence-electron chi connectivity index (χ0n) is 10.1. The standard InChI is InChI=1S/C14H18NO2/c1-11-13(8-5-9-15-11)14(16)17-10-12-6-3-2-4-7-12/h2-4,6-7,13,15H,5,8-10H2,1H3. The Morgan fingerprint density at radius 1 is 1.41 bits per heavy atom. The lowest BCUT2D eigenvalue weighted by molar-refractivity contribution is -0.150. The number of piperidine rings is 1. The summed E-state index contributed by atoms with van der Waals surface area (Å²) < 4.78 is 5.34. The van der Waals surface area contributed by atoms with Crippen LogP contribution in [0.2, 0.25) is 0 Å². The highest BCUT2D eigenvalue weighted by Gasteiger charge is 2.29. The summed E-state index contributed by atoms with van der Waals surface area (Å²) in [5.74, 6) is -0.189. The summed E-state index contributed by atoms with van der Waals surface area (Å²) in [6.45, 7) is 3.30. The largest absolute Gasteiger partial charge is 0.461 e. The molecule has 1 atom stereocenters. The van der Waals surface area contributed by atoms with Gasteiger partial charge < -0.3 is 10.1 Å². The molecule has 2 rings (SSSR count). The number of ether oxygens (including phenoxy) is 1. The number of hydrogen-bond donors (Lipinski definition) is 1. The van der Waals surface area contributed by atoms with E-state index in [-0.39, 0.29) is 11.9 Å². The molecule has 17 heavy (non-hydrogen) atoms. The summed E-state index contributed by atoms with van der Waals surface area (Å²) in [6.07, 6.45) is 1.93. The molecular weight excluding hydrogens is 214 g/mol. The van der Waals surface area contributed by atoms with Crippen molar-refractivity contribution >= 4 is 5.97 Å². The van der Waals surface area contributed by atoms with Gasteiger partial charge in [0, 0.05) is 6.04 Å². The SMILES string of the molecule is C[C]1NCCCC1C(=O)OCc1ccccc1. The van der Waals surface area contributed by atoms with E-state index in [2.05, 4.69) is 5.32 Å². The number of carbonyl (C=O) groups is 1. The van der Waals surface area contributed by atoms with Crippen molar-refractivity contribution in [2.45, 2.75) is 26.4 Å². The fraction of sp³-hybridized carbons (Fsp3) is 0.429. The van der Waals surface area contributed by atoms with E-state index in [1.54, 1.807) is 0 Å². The maximum absolute atomic E-state index is 11.9. The Hall–Kier alpha value is -1.35. The highest BCUT2D eigenvalue weighted by molar-refractivity contribution is 5.74. The van der Waals surface area contributed by atoms with Gasteiger partial charge in [-0.05, 0) is 31.9 Å². The maximum Gasteiger partial charge on any atom is 0.311 e. The number of carbonyl (C=O) groups excluding carboxylic acids is 1. The van der Waals surface area contributed by atoms with Crippen LogP contribution in [0.3, 0.4) is 0 Å². The summed E-state index contributed by atoms with van der Waals surface area (Å²) in [4.78, 5) is 11.9. The van der Waals surface area contributed by atoms with Gasteiger partial charge >= 0.3 is 5.97 Å². The van der Waals surface area contributed by atoms with Crippen LogP contribution in [0.5, 0.6) is 0 Å². The van der Waals surface area contributed by atoms with Crippen LogP contribution in [0.25, 0.3) is 0 Å². The monoisotopic (exact) mass is 232 g/mol. The van der Waals surface area contributed by atoms with Gasteiger partial charge in [-0.2, -0.15) is 0 Å². The molecule has 1 aliphatic rings. The van der Waals surface area contributed by atoms with Gasteiger partial charge in [0.15, 0.2) is 0 Å². The Kier molecular flexibility index (Phi) is 4.15. The average Bonchev–Trinajstić information content (AvgIpc) is 2.38. The number of benzene rings is 1. The molecule has 0 spiro atoms. The second-order valence-corrected chi connectivity index (χ2v) is 4.40. The lowest BCUT2D eigenvalue weighted by Crippen LogP contribution is -2.37. The van der Waals surface area contributed by atoms with Gasteiger partial charge in [0.05, 0.1) is 5.92 Å². The predicted octanol–water partition coefficient (Wildman–Crippen LogP) is 2.28. The van der Waals surface area contributed by atoms with Crippen LogP contribution in [0.1, 0.15) is 25.3 Å². The fourth-order valence-electron chi connectivity index (χ4n) is 2.06. The van der Waals surface area contributed by atoms with Gasteiger partial charge in [-0.1, -0.05) is 30.3 Å². The van der Waals surface area contributed by atoms with E-state index < -0.39 is 0 Å². The number of esters is 1. The lowest BCUT2D eigenvalue weighted by Gasteiger charge is -2.27. The minimum absolute atomic E-state index is 0.0764. The molecule has 1 aromatic rings. The highest BCUT2D eigenvalue weighted by Crippen LogP contribution is 2.23. The van der Waals surface area contributed by atoms with Crippen molar-refractivity contribution < 1.29 is 9.53 Å². The molecule has 0 aromatic heterocycles. The first-order valence-electron chi connectivity index (χ1n) is 6.05. The Labute approximate surface area is 102 Å². The molecule has 1 N–H and O–H groups in total. The molecule has 1 aliphatic heterocycles. The first kappa shape index (κ1) is 12.1. The second kappa shape index (κ2) is 5.82. The zero-order valence-corrected chi connectivity index (χ0v) is 10.1. The van der Waals surface area contributed by atoms with Crippen LogP contribution in [-0.4, -0.2) is 12.5 Å². The van der Waals surface area contributed by atoms with Crippen LogP contribution in [0, 0.1) is 12.0 Å². The van der Waals surface area contributed by atoms with E-state index in [9.17, 15) is 4.79 Å². The van der Waals surface area contributed by atoms with Crippen molar-refractivity contribution in [3.8, 4) is 0 Å². The van der Waals surface area contributed by atoms with Crippen molar-refractivity contribution in [2.75, 3.05) is 6.54 Å². The highest BCUT2D eigenvalue weighted by atomic mass is 16.5. The van der Waals surface area contributed by atoms with Gasteiger partial charge in [0.1, 0.15) is 6.61 Å². The second-order valence-electron chi connectivity index (χ2n) is 4.40. The third kappa shape index (κ3) is 3.30. The van der Waals surface area contributed by atoms with Crippen LogP contribution in [0.15, 0.2) is 30.3 Å². The Balaban J connectivity index is 1.84. The third-order valence-corrected chi connectivity index (χ3v) is 3.10. The van der Waals surface area contributed by atoms with Gasteiger partial charge in [-0.15, -0.1) is 0 Å².